The monoisotopic (exact) mass is 253 g/mol. The molecule has 72 valence electrons. The third-order valence-corrected chi connectivity index (χ3v) is 3.21. The van der Waals surface area contributed by atoms with Crippen LogP contribution in [0.15, 0.2) is 21.5 Å². The van der Waals surface area contributed by atoms with Gasteiger partial charge in [0.25, 0.3) is 0 Å². The Morgan fingerprint density at radius 2 is 2.36 bits per heavy atom. The molecular weight excluding hydrogens is 246 g/mol. The van der Waals surface area contributed by atoms with E-state index in [2.05, 4.69) is 26.1 Å². The van der Waals surface area contributed by atoms with E-state index >= 15 is 0 Å². The quantitative estimate of drug-likeness (QED) is 0.841. The second-order valence-electron chi connectivity index (χ2n) is 3.61. The molecule has 5 heteroatoms. The number of nitrogens with one attached hydrogen (secondary N) is 1. The molecule has 3 rings (SSSR count). The average molecular weight is 254 g/mol. The van der Waals surface area contributed by atoms with Crippen molar-refractivity contribution in [3.05, 3.63) is 32.8 Å². The van der Waals surface area contributed by atoms with Gasteiger partial charge in [-0.15, -0.1) is 0 Å². The number of pyridine rings is 1. The molecule has 2 heterocycles. The first kappa shape index (κ1) is 8.23. The first-order valence-electron chi connectivity index (χ1n) is 4.52. The molecule has 2 aromatic heterocycles. The highest BCUT2D eigenvalue weighted by Crippen LogP contribution is 2.43. The Hall–Kier alpha value is -1.10. The maximum atomic E-state index is 11.3. The van der Waals surface area contributed by atoms with E-state index in [0.717, 1.165) is 4.47 Å². The summed E-state index contributed by atoms with van der Waals surface area (Å²) < 4.78 is 2.51. The lowest BCUT2D eigenvalue weighted by atomic mass is 10.2. The van der Waals surface area contributed by atoms with Crippen LogP contribution in [0.1, 0.15) is 24.3 Å². The van der Waals surface area contributed by atoms with Crippen LogP contribution in [0.2, 0.25) is 0 Å². The van der Waals surface area contributed by atoms with Gasteiger partial charge in [-0.2, -0.15) is 5.10 Å². The molecule has 0 bridgehead atoms. The lowest BCUT2D eigenvalue weighted by Gasteiger charge is -2.01. The summed E-state index contributed by atoms with van der Waals surface area (Å²) in [6, 6.07) is 1.97. The van der Waals surface area contributed by atoms with Crippen molar-refractivity contribution in [3.8, 4) is 0 Å². The number of hydrogen-bond donors (Lipinski definition) is 1. The maximum absolute atomic E-state index is 11.3. The molecule has 14 heavy (non-hydrogen) atoms. The normalized spacial score (nSPS) is 16.4. The molecule has 0 amide bonds. The van der Waals surface area contributed by atoms with Gasteiger partial charge in [0.15, 0.2) is 5.65 Å². The Bertz CT molecular complexity index is 553. The largest absolute Gasteiger partial charge is 0.347 e. The van der Waals surface area contributed by atoms with E-state index in [1.165, 1.54) is 22.8 Å². The van der Waals surface area contributed by atoms with E-state index in [1.54, 1.807) is 6.20 Å². The molecular formula is C9H8BrN3O. The minimum absolute atomic E-state index is 0.192. The van der Waals surface area contributed by atoms with Crippen molar-refractivity contribution in [3.63, 3.8) is 0 Å². The van der Waals surface area contributed by atoms with Crippen molar-refractivity contribution in [2.75, 3.05) is 0 Å². The van der Waals surface area contributed by atoms with Gasteiger partial charge in [0.1, 0.15) is 0 Å². The summed E-state index contributed by atoms with van der Waals surface area (Å²) in [4.78, 5) is 11.3. The summed E-state index contributed by atoms with van der Waals surface area (Å²) in [5.74, 6) is 0.654. The molecule has 1 N–H and O–H groups in total. The summed E-state index contributed by atoms with van der Waals surface area (Å²) in [6.07, 6.45) is 4.27. The summed E-state index contributed by atoms with van der Waals surface area (Å²) in [7, 11) is 0. The zero-order chi connectivity index (χ0) is 9.71. The molecule has 0 spiro atoms. The Kier molecular flexibility index (Phi) is 1.58. The lowest BCUT2D eigenvalue weighted by Crippen LogP contribution is -2.09. The number of aromatic amines is 1. The van der Waals surface area contributed by atoms with E-state index in [1.807, 2.05) is 6.07 Å². The van der Waals surface area contributed by atoms with Crippen molar-refractivity contribution >= 4 is 21.6 Å². The molecule has 0 radical (unpaired) electrons. The van der Waals surface area contributed by atoms with Gasteiger partial charge in [-0.3, -0.25) is 0 Å². The Morgan fingerprint density at radius 3 is 3.07 bits per heavy atom. The summed E-state index contributed by atoms with van der Waals surface area (Å²) in [5.41, 5.74) is 1.76. The molecule has 4 nitrogen and oxygen atoms in total. The number of nitrogens with zero attached hydrogens (tertiary/aromatic N) is 2. The second-order valence-corrected chi connectivity index (χ2v) is 4.46. The SMILES string of the molecule is O=c1[nH]nc2cc(C3CC3)c(Br)cn12. The number of hydrogen-bond acceptors (Lipinski definition) is 2. The van der Waals surface area contributed by atoms with Crippen molar-refractivity contribution < 1.29 is 0 Å². The van der Waals surface area contributed by atoms with E-state index in [-0.39, 0.29) is 5.69 Å². The van der Waals surface area contributed by atoms with Crippen molar-refractivity contribution in [2.45, 2.75) is 18.8 Å². The van der Waals surface area contributed by atoms with Gasteiger partial charge >= 0.3 is 5.69 Å². The van der Waals surface area contributed by atoms with Gasteiger partial charge in [0.2, 0.25) is 0 Å². The smallest absolute Gasteiger partial charge is 0.249 e. The number of aromatic nitrogens is 3. The summed E-state index contributed by atoms with van der Waals surface area (Å²) >= 11 is 3.48. The summed E-state index contributed by atoms with van der Waals surface area (Å²) in [5, 5.41) is 6.36. The van der Waals surface area contributed by atoms with E-state index in [0.29, 0.717) is 11.6 Å². The van der Waals surface area contributed by atoms with E-state index in [4.69, 9.17) is 0 Å². The lowest BCUT2D eigenvalue weighted by molar-refractivity contribution is 1.01. The third-order valence-electron chi connectivity index (χ3n) is 2.55. The van der Waals surface area contributed by atoms with Crippen LogP contribution in [0.25, 0.3) is 5.65 Å². The Morgan fingerprint density at radius 1 is 1.57 bits per heavy atom. The average Bonchev–Trinajstić information content (AvgIpc) is 2.94. The molecule has 1 aliphatic carbocycles. The minimum Gasteiger partial charge on any atom is -0.249 e. The molecule has 1 aliphatic rings. The highest BCUT2D eigenvalue weighted by molar-refractivity contribution is 9.10. The molecule has 0 saturated heterocycles. The first-order chi connectivity index (χ1) is 6.75. The van der Waals surface area contributed by atoms with Crippen molar-refractivity contribution in [2.24, 2.45) is 0 Å². The van der Waals surface area contributed by atoms with Crippen LogP contribution in [-0.4, -0.2) is 14.6 Å². The fourth-order valence-corrected chi connectivity index (χ4v) is 2.29. The first-order valence-corrected chi connectivity index (χ1v) is 5.31. The van der Waals surface area contributed by atoms with Gasteiger partial charge < -0.3 is 0 Å². The molecule has 0 aliphatic heterocycles. The van der Waals surface area contributed by atoms with E-state index < -0.39 is 0 Å². The second kappa shape index (κ2) is 2.70. The maximum Gasteiger partial charge on any atom is 0.347 e. The van der Waals surface area contributed by atoms with Crippen LogP contribution in [0.4, 0.5) is 0 Å². The van der Waals surface area contributed by atoms with Crippen molar-refractivity contribution in [1.29, 1.82) is 0 Å². The topological polar surface area (TPSA) is 50.2 Å². The van der Waals surface area contributed by atoms with Crippen LogP contribution >= 0.6 is 15.9 Å². The van der Waals surface area contributed by atoms with Gasteiger partial charge in [-0.05, 0) is 46.3 Å². The van der Waals surface area contributed by atoms with Gasteiger partial charge in [0, 0.05) is 10.7 Å². The van der Waals surface area contributed by atoms with Crippen LogP contribution in [0.5, 0.6) is 0 Å². The molecule has 0 unspecified atom stereocenters. The fraction of sp³-hybridized carbons (Fsp3) is 0.333. The highest BCUT2D eigenvalue weighted by Gasteiger charge is 2.26. The molecule has 1 saturated carbocycles. The van der Waals surface area contributed by atoms with Crippen LogP contribution in [0, 0.1) is 0 Å². The Balaban J connectivity index is 2.33. The third kappa shape index (κ3) is 1.12. The standard InChI is InChI=1S/C9H8BrN3O/c10-7-4-13-8(11-12-9(13)14)3-6(7)5-1-2-5/h3-5H,1-2H2,(H,12,14). The predicted molar refractivity (Wildman–Crippen MR) is 55.5 cm³/mol. The highest BCUT2D eigenvalue weighted by atomic mass is 79.9. The molecule has 0 atom stereocenters. The number of fused-ring (bicyclic) bond motifs is 1. The molecule has 0 aromatic carbocycles. The minimum atomic E-state index is -0.192. The van der Waals surface area contributed by atoms with Crippen LogP contribution in [-0.2, 0) is 0 Å². The zero-order valence-electron chi connectivity index (χ0n) is 7.33. The van der Waals surface area contributed by atoms with Gasteiger partial charge in [-0.25, -0.2) is 14.3 Å². The van der Waals surface area contributed by atoms with Gasteiger partial charge in [0.05, 0.1) is 0 Å². The number of H-pyrrole nitrogens is 1. The number of halogens is 1. The van der Waals surface area contributed by atoms with Crippen LogP contribution in [0.3, 0.4) is 0 Å². The van der Waals surface area contributed by atoms with Gasteiger partial charge in [-0.1, -0.05) is 0 Å². The molecule has 2 aromatic rings. The van der Waals surface area contributed by atoms with E-state index in [9.17, 15) is 4.79 Å². The van der Waals surface area contributed by atoms with Crippen LogP contribution < -0.4 is 5.69 Å². The number of rotatable bonds is 1. The predicted octanol–water partition coefficient (Wildman–Crippen LogP) is 1.66. The van der Waals surface area contributed by atoms with Crippen molar-refractivity contribution in [1.82, 2.24) is 14.6 Å². The molecule has 1 fully saturated rings. The zero-order valence-corrected chi connectivity index (χ0v) is 8.91. The fourth-order valence-electron chi connectivity index (χ4n) is 1.65. The summed E-state index contributed by atoms with van der Waals surface area (Å²) in [6.45, 7) is 0. The Labute approximate surface area is 88.1 Å².